The lowest BCUT2D eigenvalue weighted by Crippen LogP contribution is -2.34. The van der Waals surface area contributed by atoms with E-state index in [-0.39, 0.29) is 5.92 Å². The smallest absolute Gasteiger partial charge is 0.167 e. The van der Waals surface area contributed by atoms with Gasteiger partial charge >= 0.3 is 0 Å². The van der Waals surface area contributed by atoms with Crippen LogP contribution in [0.2, 0.25) is 0 Å². The molecule has 2 atom stereocenters. The van der Waals surface area contributed by atoms with Gasteiger partial charge in [0.05, 0.1) is 0 Å². The third-order valence-corrected chi connectivity index (χ3v) is 5.44. The minimum Gasteiger partial charge on any atom is -0.302 e. The summed E-state index contributed by atoms with van der Waals surface area (Å²) < 4.78 is 0. The zero-order valence-electron chi connectivity index (χ0n) is 13.4. The summed E-state index contributed by atoms with van der Waals surface area (Å²) in [5.74, 6) is 1.12. The summed E-state index contributed by atoms with van der Waals surface area (Å²) in [4.78, 5) is 15.3. The Morgan fingerprint density at radius 1 is 0.957 bits per heavy atom. The molecule has 0 saturated carbocycles. The molecule has 23 heavy (non-hydrogen) atoms. The first-order valence-corrected chi connectivity index (χ1v) is 8.70. The molecule has 2 bridgehead atoms. The van der Waals surface area contributed by atoms with Crippen LogP contribution in [0.15, 0.2) is 54.6 Å². The molecule has 0 amide bonds. The molecule has 1 saturated heterocycles. The molecular formula is C21H23NO. The summed E-state index contributed by atoms with van der Waals surface area (Å²) in [6.45, 7) is 3.09. The topological polar surface area (TPSA) is 20.3 Å². The van der Waals surface area contributed by atoms with Crippen LogP contribution >= 0.6 is 0 Å². The number of likely N-dealkylation sites (tertiary alicyclic amines) is 1. The van der Waals surface area contributed by atoms with Crippen molar-refractivity contribution in [1.29, 1.82) is 0 Å². The summed E-state index contributed by atoms with van der Waals surface area (Å²) in [7, 11) is 0. The maximum Gasteiger partial charge on any atom is 0.167 e. The van der Waals surface area contributed by atoms with E-state index in [1.165, 1.54) is 17.5 Å². The van der Waals surface area contributed by atoms with E-state index in [1.54, 1.807) is 0 Å². The predicted molar refractivity (Wildman–Crippen MR) is 92.8 cm³/mol. The second-order valence-corrected chi connectivity index (χ2v) is 6.91. The fourth-order valence-corrected chi connectivity index (χ4v) is 4.18. The molecule has 0 N–H and O–H groups in total. The van der Waals surface area contributed by atoms with Gasteiger partial charge in [-0.25, -0.2) is 0 Å². The first-order chi connectivity index (χ1) is 11.3. The van der Waals surface area contributed by atoms with Gasteiger partial charge in [-0.2, -0.15) is 0 Å². The first kappa shape index (κ1) is 14.6. The van der Waals surface area contributed by atoms with Crippen LogP contribution < -0.4 is 0 Å². The third kappa shape index (κ3) is 2.96. The van der Waals surface area contributed by atoms with Gasteiger partial charge in [0.2, 0.25) is 0 Å². The molecule has 2 aromatic rings. The maximum absolute atomic E-state index is 12.8. The highest BCUT2D eigenvalue weighted by Gasteiger charge is 2.36. The van der Waals surface area contributed by atoms with Gasteiger partial charge in [0.15, 0.2) is 5.78 Å². The SMILES string of the molecule is O=C1c2ccccc2C2CCN(CCc3ccccc3)CC1C2. The normalized spacial score (nSPS) is 24.1. The molecule has 2 heteroatoms. The number of fused-ring (bicyclic) bond motifs is 4. The molecule has 2 unspecified atom stereocenters. The number of hydrogen-bond acceptors (Lipinski definition) is 2. The van der Waals surface area contributed by atoms with E-state index in [0.29, 0.717) is 11.7 Å². The Balaban J connectivity index is 1.48. The number of carbonyl (C=O) groups is 1. The number of benzene rings is 2. The van der Waals surface area contributed by atoms with Gasteiger partial charge in [0.1, 0.15) is 0 Å². The fourth-order valence-electron chi connectivity index (χ4n) is 4.18. The lowest BCUT2D eigenvalue weighted by Gasteiger charge is -2.28. The van der Waals surface area contributed by atoms with Gasteiger partial charge in [0, 0.05) is 24.6 Å². The number of Topliss-reactive ketones (excluding diaryl/α,β-unsaturated/α-hetero) is 1. The quantitative estimate of drug-likeness (QED) is 0.856. The Bertz CT molecular complexity index is 694. The fraction of sp³-hybridized carbons (Fsp3) is 0.381. The predicted octanol–water partition coefficient (Wildman–Crippen LogP) is 3.92. The molecule has 118 valence electrons. The molecule has 0 aromatic heterocycles. The van der Waals surface area contributed by atoms with Crippen molar-refractivity contribution >= 4 is 5.78 Å². The molecule has 1 aliphatic carbocycles. The van der Waals surface area contributed by atoms with Crippen molar-refractivity contribution in [2.45, 2.75) is 25.2 Å². The lowest BCUT2D eigenvalue weighted by molar-refractivity contribution is 0.0871. The van der Waals surface area contributed by atoms with Crippen molar-refractivity contribution in [3.63, 3.8) is 0 Å². The van der Waals surface area contributed by atoms with E-state index in [4.69, 9.17) is 0 Å². The molecule has 0 radical (unpaired) electrons. The number of carbonyl (C=O) groups excluding carboxylic acids is 1. The van der Waals surface area contributed by atoms with Crippen LogP contribution in [-0.2, 0) is 6.42 Å². The lowest BCUT2D eigenvalue weighted by atomic mass is 9.75. The van der Waals surface area contributed by atoms with Crippen molar-refractivity contribution in [2.75, 3.05) is 19.6 Å². The minimum atomic E-state index is 0.188. The van der Waals surface area contributed by atoms with E-state index in [0.717, 1.165) is 38.0 Å². The summed E-state index contributed by atoms with van der Waals surface area (Å²) in [5.41, 5.74) is 3.66. The van der Waals surface area contributed by atoms with Crippen LogP contribution in [0.5, 0.6) is 0 Å². The van der Waals surface area contributed by atoms with Crippen LogP contribution in [-0.4, -0.2) is 30.3 Å². The second kappa shape index (κ2) is 6.29. The molecule has 1 aliphatic heterocycles. The minimum absolute atomic E-state index is 0.188. The molecule has 2 aliphatic rings. The zero-order chi connectivity index (χ0) is 15.6. The Labute approximate surface area is 138 Å². The van der Waals surface area contributed by atoms with Gasteiger partial charge in [-0.05, 0) is 42.9 Å². The van der Waals surface area contributed by atoms with Gasteiger partial charge < -0.3 is 4.90 Å². The monoisotopic (exact) mass is 305 g/mol. The Hall–Kier alpha value is -1.93. The van der Waals surface area contributed by atoms with E-state index in [9.17, 15) is 4.79 Å². The molecule has 1 fully saturated rings. The summed E-state index contributed by atoms with van der Waals surface area (Å²) in [5, 5.41) is 0. The average molecular weight is 305 g/mol. The summed E-state index contributed by atoms with van der Waals surface area (Å²) in [6.07, 6.45) is 3.28. The Morgan fingerprint density at radius 3 is 2.61 bits per heavy atom. The van der Waals surface area contributed by atoms with E-state index < -0.39 is 0 Å². The average Bonchev–Trinajstić information content (AvgIpc) is 2.80. The van der Waals surface area contributed by atoms with E-state index >= 15 is 0 Å². The van der Waals surface area contributed by atoms with Crippen LogP contribution in [0.3, 0.4) is 0 Å². The first-order valence-electron chi connectivity index (χ1n) is 8.70. The highest BCUT2D eigenvalue weighted by molar-refractivity contribution is 6.00. The number of ketones is 1. The van der Waals surface area contributed by atoms with Gasteiger partial charge in [-0.15, -0.1) is 0 Å². The van der Waals surface area contributed by atoms with Crippen LogP contribution in [0.25, 0.3) is 0 Å². The molecule has 4 rings (SSSR count). The van der Waals surface area contributed by atoms with Gasteiger partial charge in [0.25, 0.3) is 0 Å². The Kier molecular flexibility index (Phi) is 4.00. The van der Waals surface area contributed by atoms with Crippen molar-refractivity contribution in [2.24, 2.45) is 5.92 Å². The second-order valence-electron chi connectivity index (χ2n) is 6.91. The van der Waals surface area contributed by atoms with Crippen molar-refractivity contribution in [3.8, 4) is 0 Å². The highest BCUT2D eigenvalue weighted by Crippen LogP contribution is 2.39. The molecule has 2 nitrogen and oxygen atoms in total. The van der Waals surface area contributed by atoms with Gasteiger partial charge in [-0.3, -0.25) is 4.79 Å². The van der Waals surface area contributed by atoms with Crippen molar-refractivity contribution < 1.29 is 4.79 Å². The largest absolute Gasteiger partial charge is 0.302 e. The zero-order valence-corrected chi connectivity index (χ0v) is 13.4. The van der Waals surface area contributed by atoms with Crippen LogP contribution in [0.1, 0.15) is 40.2 Å². The number of rotatable bonds is 3. The summed E-state index contributed by atoms with van der Waals surface area (Å²) in [6, 6.07) is 18.9. The molecule has 0 spiro atoms. The Morgan fingerprint density at radius 2 is 1.74 bits per heavy atom. The standard InChI is InChI=1S/C21H23NO/c23-21-18-14-17(19-8-4-5-9-20(19)21)11-13-22(15-18)12-10-16-6-2-1-3-7-16/h1-9,17-18H,10-15H2. The van der Waals surface area contributed by atoms with Crippen LogP contribution in [0.4, 0.5) is 0 Å². The van der Waals surface area contributed by atoms with E-state index in [2.05, 4.69) is 47.4 Å². The molecule has 1 heterocycles. The number of hydrogen-bond donors (Lipinski definition) is 0. The van der Waals surface area contributed by atoms with Crippen LogP contribution in [0, 0.1) is 5.92 Å². The van der Waals surface area contributed by atoms with Crippen molar-refractivity contribution in [1.82, 2.24) is 4.90 Å². The molecular weight excluding hydrogens is 282 g/mol. The number of nitrogens with zero attached hydrogens (tertiary/aromatic N) is 1. The summed E-state index contributed by atoms with van der Waals surface area (Å²) >= 11 is 0. The van der Waals surface area contributed by atoms with E-state index in [1.807, 2.05) is 12.1 Å². The van der Waals surface area contributed by atoms with Gasteiger partial charge in [-0.1, -0.05) is 54.6 Å². The van der Waals surface area contributed by atoms with Crippen molar-refractivity contribution in [3.05, 3.63) is 71.3 Å². The third-order valence-electron chi connectivity index (χ3n) is 5.44. The highest BCUT2D eigenvalue weighted by atomic mass is 16.1. The molecule has 2 aromatic carbocycles. The maximum atomic E-state index is 12.8.